The molecule has 0 spiro atoms. The first-order valence-electron chi connectivity index (χ1n) is 7.87. The molecule has 0 bridgehead atoms. The summed E-state index contributed by atoms with van der Waals surface area (Å²) in [4.78, 5) is 2.54. The van der Waals surface area contributed by atoms with E-state index in [4.69, 9.17) is 22.1 Å². The van der Waals surface area contributed by atoms with Gasteiger partial charge in [0.15, 0.2) is 0 Å². The zero-order valence-electron chi connectivity index (χ0n) is 13.4. The molecule has 3 nitrogen and oxygen atoms in total. The van der Waals surface area contributed by atoms with E-state index >= 15 is 0 Å². The quantitative estimate of drug-likeness (QED) is 0.893. The maximum Gasteiger partial charge on any atom is 0.123 e. The number of methoxy groups -OCH3 is 1. The predicted octanol–water partition coefficient (Wildman–Crippen LogP) is 4.00. The summed E-state index contributed by atoms with van der Waals surface area (Å²) in [6.45, 7) is 6.73. The summed E-state index contributed by atoms with van der Waals surface area (Å²) in [5.41, 5.74) is 7.61. The van der Waals surface area contributed by atoms with Gasteiger partial charge in [-0.3, -0.25) is 4.90 Å². The predicted molar refractivity (Wildman–Crippen MR) is 89.1 cm³/mol. The molecule has 2 atom stereocenters. The molecule has 1 fully saturated rings. The summed E-state index contributed by atoms with van der Waals surface area (Å²) >= 11 is 6.17. The molecule has 1 aliphatic heterocycles. The van der Waals surface area contributed by atoms with Gasteiger partial charge in [0.2, 0.25) is 0 Å². The van der Waals surface area contributed by atoms with Crippen molar-refractivity contribution < 1.29 is 4.74 Å². The average molecular weight is 311 g/mol. The third-order valence-electron chi connectivity index (χ3n) is 4.99. The van der Waals surface area contributed by atoms with Crippen molar-refractivity contribution >= 4 is 11.6 Å². The van der Waals surface area contributed by atoms with Crippen molar-refractivity contribution in [3.8, 4) is 5.75 Å². The van der Waals surface area contributed by atoms with Gasteiger partial charge < -0.3 is 10.5 Å². The molecule has 118 valence electrons. The Morgan fingerprint density at radius 2 is 2.00 bits per heavy atom. The second-order valence-electron chi connectivity index (χ2n) is 6.12. The second kappa shape index (κ2) is 6.99. The van der Waals surface area contributed by atoms with Gasteiger partial charge in [0, 0.05) is 16.1 Å². The monoisotopic (exact) mass is 310 g/mol. The fourth-order valence-corrected chi connectivity index (χ4v) is 3.51. The van der Waals surface area contributed by atoms with Gasteiger partial charge in [0.05, 0.1) is 13.2 Å². The standard InChI is InChI=1S/C17H27ClN2O/c1-4-17(2,20-10-6-5-7-11-20)16(19)14-12-13(18)8-9-15(14)21-3/h8-9,12,16H,4-7,10-11,19H2,1-3H3. The molecule has 4 heteroatoms. The van der Waals surface area contributed by atoms with Crippen molar-refractivity contribution in [1.29, 1.82) is 0 Å². The maximum atomic E-state index is 6.68. The number of hydrogen-bond acceptors (Lipinski definition) is 3. The SMILES string of the molecule is CCC(C)(C(N)c1cc(Cl)ccc1OC)N1CCCCC1. The van der Waals surface area contributed by atoms with Crippen LogP contribution in [-0.2, 0) is 0 Å². The normalized spacial score (nSPS) is 20.8. The molecule has 0 amide bonds. The Labute approximate surface area is 133 Å². The van der Waals surface area contributed by atoms with E-state index in [1.54, 1.807) is 7.11 Å². The Balaban J connectivity index is 2.34. The molecule has 1 aliphatic rings. The maximum absolute atomic E-state index is 6.68. The number of nitrogens with two attached hydrogens (primary N) is 1. The summed E-state index contributed by atoms with van der Waals surface area (Å²) in [5, 5.41) is 0.707. The van der Waals surface area contributed by atoms with E-state index in [-0.39, 0.29) is 11.6 Å². The fraction of sp³-hybridized carbons (Fsp3) is 0.647. The Kier molecular flexibility index (Phi) is 5.53. The molecule has 0 saturated carbocycles. The molecular weight excluding hydrogens is 284 g/mol. The van der Waals surface area contributed by atoms with Gasteiger partial charge in [0.1, 0.15) is 5.75 Å². The summed E-state index contributed by atoms with van der Waals surface area (Å²) in [7, 11) is 1.68. The number of hydrogen-bond donors (Lipinski definition) is 1. The first-order chi connectivity index (χ1) is 10.0. The minimum absolute atomic E-state index is 0.0710. The highest BCUT2D eigenvalue weighted by molar-refractivity contribution is 6.30. The molecular formula is C17H27ClN2O. The van der Waals surface area contributed by atoms with E-state index in [1.807, 2.05) is 18.2 Å². The average Bonchev–Trinajstić information content (AvgIpc) is 2.54. The number of benzene rings is 1. The third kappa shape index (κ3) is 3.36. The topological polar surface area (TPSA) is 38.5 Å². The summed E-state index contributed by atoms with van der Waals surface area (Å²) in [5.74, 6) is 0.823. The van der Waals surface area contributed by atoms with E-state index < -0.39 is 0 Å². The lowest BCUT2D eigenvalue weighted by Gasteiger charge is -2.47. The first-order valence-corrected chi connectivity index (χ1v) is 8.24. The highest BCUT2D eigenvalue weighted by Crippen LogP contribution is 2.38. The van der Waals surface area contributed by atoms with Gasteiger partial charge in [-0.05, 0) is 57.5 Å². The van der Waals surface area contributed by atoms with Gasteiger partial charge in [-0.2, -0.15) is 0 Å². The number of ether oxygens (including phenoxy) is 1. The van der Waals surface area contributed by atoms with Crippen LogP contribution in [0.2, 0.25) is 5.02 Å². The van der Waals surface area contributed by atoms with Crippen LogP contribution in [0.15, 0.2) is 18.2 Å². The molecule has 1 heterocycles. The van der Waals surface area contributed by atoms with Gasteiger partial charge in [-0.15, -0.1) is 0 Å². The van der Waals surface area contributed by atoms with Crippen LogP contribution in [0.5, 0.6) is 5.75 Å². The lowest BCUT2D eigenvalue weighted by molar-refractivity contribution is 0.0536. The smallest absolute Gasteiger partial charge is 0.123 e. The van der Waals surface area contributed by atoms with Gasteiger partial charge in [0.25, 0.3) is 0 Å². The van der Waals surface area contributed by atoms with E-state index in [1.165, 1.54) is 19.3 Å². The second-order valence-corrected chi connectivity index (χ2v) is 6.56. The summed E-state index contributed by atoms with van der Waals surface area (Å²) in [6, 6.07) is 5.59. The van der Waals surface area contributed by atoms with E-state index in [0.717, 1.165) is 30.8 Å². The summed E-state index contributed by atoms with van der Waals surface area (Å²) < 4.78 is 5.49. The van der Waals surface area contributed by atoms with Crippen LogP contribution in [0.1, 0.15) is 51.1 Å². The van der Waals surface area contributed by atoms with Crippen molar-refractivity contribution in [1.82, 2.24) is 4.90 Å². The molecule has 0 radical (unpaired) electrons. The molecule has 21 heavy (non-hydrogen) atoms. The molecule has 0 aliphatic carbocycles. The molecule has 2 rings (SSSR count). The Bertz CT molecular complexity index is 474. The van der Waals surface area contributed by atoms with Crippen LogP contribution >= 0.6 is 11.6 Å². The molecule has 1 aromatic rings. The van der Waals surface area contributed by atoms with Crippen molar-refractivity contribution in [2.75, 3.05) is 20.2 Å². The Morgan fingerprint density at radius 3 is 2.57 bits per heavy atom. The Morgan fingerprint density at radius 1 is 1.33 bits per heavy atom. The third-order valence-corrected chi connectivity index (χ3v) is 5.23. The van der Waals surface area contributed by atoms with Crippen molar-refractivity contribution in [2.45, 2.75) is 51.1 Å². The van der Waals surface area contributed by atoms with Gasteiger partial charge in [-0.25, -0.2) is 0 Å². The van der Waals surface area contributed by atoms with Crippen LogP contribution in [0.3, 0.4) is 0 Å². The van der Waals surface area contributed by atoms with Crippen molar-refractivity contribution in [3.05, 3.63) is 28.8 Å². The van der Waals surface area contributed by atoms with E-state index in [9.17, 15) is 0 Å². The minimum Gasteiger partial charge on any atom is -0.496 e. The van der Waals surface area contributed by atoms with Crippen LogP contribution in [0.25, 0.3) is 0 Å². The van der Waals surface area contributed by atoms with Crippen molar-refractivity contribution in [3.63, 3.8) is 0 Å². The van der Waals surface area contributed by atoms with Crippen LogP contribution in [0.4, 0.5) is 0 Å². The molecule has 2 unspecified atom stereocenters. The van der Waals surface area contributed by atoms with Gasteiger partial charge in [-0.1, -0.05) is 24.9 Å². The number of halogens is 1. The fourth-order valence-electron chi connectivity index (χ4n) is 3.33. The lowest BCUT2D eigenvalue weighted by atomic mass is 9.82. The van der Waals surface area contributed by atoms with E-state index in [2.05, 4.69) is 18.7 Å². The van der Waals surface area contributed by atoms with Crippen LogP contribution in [0, 0.1) is 0 Å². The highest BCUT2D eigenvalue weighted by Gasteiger charge is 2.38. The van der Waals surface area contributed by atoms with Crippen LogP contribution < -0.4 is 10.5 Å². The largest absolute Gasteiger partial charge is 0.496 e. The molecule has 0 aromatic heterocycles. The lowest BCUT2D eigenvalue weighted by Crippen LogP contribution is -2.54. The van der Waals surface area contributed by atoms with Gasteiger partial charge >= 0.3 is 0 Å². The number of rotatable bonds is 5. The summed E-state index contributed by atoms with van der Waals surface area (Å²) in [6.07, 6.45) is 4.85. The van der Waals surface area contributed by atoms with Crippen LogP contribution in [-0.4, -0.2) is 30.6 Å². The number of likely N-dealkylation sites (tertiary alicyclic amines) is 1. The number of nitrogens with zero attached hydrogens (tertiary/aromatic N) is 1. The highest BCUT2D eigenvalue weighted by atomic mass is 35.5. The zero-order chi connectivity index (χ0) is 15.5. The molecule has 1 saturated heterocycles. The Hall–Kier alpha value is -0.770. The minimum atomic E-state index is -0.116. The molecule has 1 aromatic carbocycles. The zero-order valence-corrected chi connectivity index (χ0v) is 14.1. The number of piperidine rings is 1. The van der Waals surface area contributed by atoms with E-state index in [0.29, 0.717) is 5.02 Å². The first kappa shape index (κ1) is 16.6. The molecule has 2 N–H and O–H groups in total. The van der Waals surface area contributed by atoms with Crippen molar-refractivity contribution in [2.24, 2.45) is 5.73 Å².